The van der Waals surface area contributed by atoms with E-state index in [1.807, 2.05) is 40.2 Å². The lowest BCUT2D eigenvalue weighted by molar-refractivity contribution is 0.412. The van der Waals surface area contributed by atoms with Crippen LogP contribution in [0.3, 0.4) is 0 Å². The molecule has 8 heteroatoms. The van der Waals surface area contributed by atoms with Crippen LogP contribution in [-0.2, 0) is 0 Å². The number of aliphatic imine (C=N–C) groups is 1. The summed E-state index contributed by atoms with van der Waals surface area (Å²) in [5, 5.41) is 4.47. The van der Waals surface area contributed by atoms with E-state index in [0.717, 1.165) is 21.5 Å². The van der Waals surface area contributed by atoms with Crippen LogP contribution in [0.15, 0.2) is 52.5 Å². The summed E-state index contributed by atoms with van der Waals surface area (Å²) in [7, 11) is 1.64. The van der Waals surface area contributed by atoms with Crippen molar-refractivity contribution in [2.24, 2.45) is 16.5 Å². The number of aromatic nitrogens is 2. The van der Waals surface area contributed by atoms with Crippen LogP contribution in [-0.4, -0.2) is 35.8 Å². The first-order valence-electron chi connectivity index (χ1n) is 7.45. The molecule has 1 aromatic carbocycles. The zero-order valence-corrected chi connectivity index (χ0v) is 14.8. The predicted molar refractivity (Wildman–Crippen MR) is 98.2 cm³/mol. The van der Waals surface area contributed by atoms with Crippen molar-refractivity contribution in [2.75, 3.05) is 25.1 Å². The van der Waals surface area contributed by atoms with Crippen LogP contribution in [0, 0.1) is 0 Å². The molecule has 4 N–H and O–H groups in total. The first-order valence-corrected chi connectivity index (χ1v) is 8.24. The number of halogens is 1. The molecule has 2 aromatic rings. The number of amidine groups is 1. The van der Waals surface area contributed by atoms with Gasteiger partial charge in [-0.25, -0.2) is 4.99 Å². The Kier molecular flexibility index (Phi) is 4.86. The van der Waals surface area contributed by atoms with E-state index in [0.29, 0.717) is 18.9 Å². The Hall–Kier alpha value is -2.32. The van der Waals surface area contributed by atoms with Gasteiger partial charge in [-0.2, -0.15) is 5.10 Å². The second kappa shape index (κ2) is 7.06. The van der Waals surface area contributed by atoms with Crippen molar-refractivity contribution in [3.63, 3.8) is 0 Å². The second-order valence-electron chi connectivity index (χ2n) is 5.40. The quantitative estimate of drug-likeness (QED) is 0.811. The van der Waals surface area contributed by atoms with Crippen LogP contribution in [0.5, 0.6) is 5.75 Å². The van der Waals surface area contributed by atoms with Gasteiger partial charge in [0.25, 0.3) is 0 Å². The summed E-state index contributed by atoms with van der Waals surface area (Å²) in [5.74, 6) is 1.34. The third-order valence-corrected chi connectivity index (χ3v) is 4.25. The Labute approximate surface area is 148 Å². The molecule has 0 saturated heterocycles. The zero-order valence-electron chi connectivity index (χ0n) is 13.3. The van der Waals surface area contributed by atoms with Gasteiger partial charge < -0.3 is 21.1 Å². The van der Waals surface area contributed by atoms with Crippen LogP contribution in [0.2, 0.25) is 0 Å². The number of rotatable bonds is 5. The third-order valence-electron chi connectivity index (χ3n) is 3.80. The molecule has 7 nitrogen and oxygen atoms in total. The fraction of sp³-hybridized carbons (Fsp3) is 0.250. The standard InChI is InChI=1S/C16H19BrN6O/c1-24-14-5-11(4-12(17)6-14)15(7-18)23-9-13(8-21-23)22-3-2-20-16(19)10-22/h2-6,8-9,15H,7,10,18H2,1H3,(H2,19,20). The van der Waals surface area contributed by atoms with E-state index in [1.165, 1.54) is 0 Å². The minimum Gasteiger partial charge on any atom is -0.497 e. The van der Waals surface area contributed by atoms with Crippen molar-refractivity contribution in [3.8, 4) is 5.75 Å². The van der Waals surface area contributed by atoms with E-state index in [2.05, 4.69) is 26.0 Å². The summed E-state index contributed by atoms with van der Waals surface area (Å²) in [5.41, 5.74) is 13.7. The Balaban J connectivity index is 1.88. The molecule has 1 aliphatic heterocycles. The Morgan fingerprint density at radius 3 is 2.92 bits per heavy atom. The lowest BCUT2D eigenvalue weighted by atomic mass is 10.1. The number of hydrogen-bond acceptors (Lipinski definition) is 6. The number of nitrogens with two attached hydrogens (primary N) is 2. The maximum Gasteiger partial charge on any atom is 0.120 e. The number of nitrogens with zero attached hydrogens (tertiary/aromatic N) is 4. The molecule has 0 bridgehead atoms. The van der Waals surface area contributed by atoms with Gasteiger partial charge in [0.2, 0.25) is 0 Å². The van der Waals surface area contributed by atoms with Crippen molar-refractivity contribution < 1.29 is 4.74 Å². The molecule has 0 amide bonds. The zero-order chi connectivity index (χ0) is 17.1. The molecule has 126 valence electrons. The van der Waals surface area contributed by atoms with Gasteiger partial charge in [-0.15, -0.1) is 0 Å². The summed E-state index contributed by atoms with van der Waals surface area (Å²) in [6.07, 6.45) is 7.29. The molecule has 24 heavy (non-hydrogen) atoms. The number of ether oxygens (including phenoxy) is 1. The SMILES string of the molecule is COc1cc(Br)cc(C(CN)n2cc(N3C=CN=C(N)C3)cn2)c1. The molecular weight excluding hydrogens is 372 g/mol. The van der Waals surface area contributed by atoms with E-state index in [9.17, 15) is 0 Å². The van der Waals surface area contributed by atoms with Gasteiger partial charge in [0.1, 0.15) is 11.6 Å². The summed E-state index contributed by atoms with van der Waals surface area (Å²) in [6.45, 7) is 0.959. The summed E-state index contributed by atoms with van der Waals surface area (Å²) in [6, 6.07) is 5.80. The number of anilines is 1. The first-order chi connectivity index (χ1) is 11.6. The van der Waals surface area contributed by atoms with Crippen LogP contribution in [0.25, 0.3) is 0 Å². The largest absolute Gasteiger partial charge is 0.497 e. The minimum atomic E-state index is -0.0927. The van der Waals surface area contributed by atoms with Crippen molar-refractivity contribution >= 4 is 27.5 Å². The van der Waals surface area contributed by atoms with Crippen LogP contribution >= 0.6 is 15.9 Å². The normalized spacial score (nSPS) is 15.3. The monoisotopic (exact) mass is 390 g/mol. The van der Waals surface area contributed by atoms with Crippen molar-refractivity contribution in [3.05, 3.63) is 53.0 Å². The number of hydrogen-bond donors (Lipinski definition) is 2. The van der Waals surface area contributed by atoms with E-state index in [-0.39, 0.29) is 6.04 Å². The highest BCUT2D eigenvalue weighted by Crippen LogP contribution is 2.28. The highest BCUT2D eigenvalue weighted by Gasteiger charge is 2.17. The average molecular weight is 391 g/mol. The van der Waals surface area contributed by atoms with Gasteiger partial charge in [0, 0.05) is 29.6 Å². The molecule has 3 rings (SSSR count). The summed E-state index contributed by atoms with van der Waals surface area (Å²) >= 11 is 3.50. The van der Waals surface area contributed by atoms with E-state index < -0.39 is 0 Å². The predicted octanol–water partition coefficient (Wildman–Crippen LogP) is 1.85. The molecule has 1 aromatic heterocycles. The molecule has 1 atom stereocenters. The van der Waals surface area contributed by atoms with E-state index in [1.54, 1.807) is 19.5 Å². The lowest BCUT2D eigenvalue weighted by Crippen LogP contribution is -2.32. The summed E-state index contributed by atoms with van der Waals surface area (Å²) < 4.78 is 8.12. The molecular formula is C16H19BrN6O. The topological polar surface area (TPSA) is 94.7 Å². The molecule has 0 saturated carbocycles. The maximum absolute atomic E-state index is 6.00. The molecule has 0 aliphatic carbocycles. The highest BCUT2D eigenvalue weighted by molar-refractivity contribution is 9.10. The van der Waals surface area contributed by atoms with Crippen LogP contribution < -0.4 is 21.1 Å². The van der Waals surface area contributed by atoms with Gasteiger partial charge in [0.05, 0.1) is 31.6 Å². The van der Waals surface area contributed by atoms with Gasteiger partial charge in [-0.3, -0.25) is 4.68 Å². The third kappa shape index (κ3) is 3.44. The fourth-order valence-corrected chi connectivity index (χ4v) is 3.08. The maximum atomic E-state index is 6.00. The molecule has 0 spiro atoms. The van der Waals surface area contributed by atoms with Crippen LogP contribution in [0.1, 0.15) is 11.6 Å². The smallest absolute Gasteiger partial charge is 0.120 e. The van der Waals surface area contributed by atoms with Gasteiger partial charge in [-0.05, 0) is 23.8 Å². The lowest BCUT2D eigenvalue weighted by Gasteiger charge is -2.20. The van der Waals surface area contributed by atoms with Crippen LogP contribution in [0.4, 0.5) is 5.69 Å². The average Bonchev–Trinajstić information content (AvgIpc) is 3.05. The number of benzene rings is 1. The number of methoxy groups -OCH3 is 1. The van der Waals surface area contributed by atoms with Gasteiger partial charge in [0.15, 0.2) is 0 Å². The van der Waals surface area contributed by atoms with E-state index in [4.69, 9.17) is 16.2 Å². The summed E-state index contributed by atoms with van der Waals surface area (Å²) in [4.78, 5) is 6.03. The second-order valence-corrected chi connectivity index (χ2v) is 6.32. The van der Waals surface area contributed by atoms with Gasteiger partial charge in [-0.1, -0.05) is 15.9 Å². The van der Waals surface area contributed by atoms with E-state index >= 15 is 0 Å². The molecule has 0 radical (unpaired) electrons. The minimum absolute atomic E-state index is 0.0927. The molecule has 0 fully saturated rings. The van der Waals surface area contributed by atoms with Crippen molar-refractivity contribution in [1.82, 2.24) is 9.78 Å². The highest BCUT2D eigenvalue weighted by atomic mass is 79.9. The Morgan fingerprint density at radius 1 is 1.38 bits per heavy atom. The van der Waals surface area contributed by atoms with Crippen molar-refractivity contribution in [1.29, 1.82) is 0 Å². The van der Waals surface area contributed by atoms with Gasteiger partial charge >= 0.3 is 0 Å². The van der Waals surface area contributed by atoms with Crippen molar-refractivity contribution in [2.45, 2.75) is 6.04 Å². The fourth-order valence-electron chi connectivity index (χ4n) is 2.59. The first kappa shape index (κ1) is 16.5. The molecule has 1 unspecified atom stereocenters. The molecule has 2 heterocycles. The Bertz CT molecular complexity index is 785. The Morgan fingerprint density at radius 2 is 2.21 bits per heavy atom. The molecule has 1 aliphatic rings.